The molecule has 2 atom stereocenters. The van der Waals surface area contributed by atoms with Gasteiger partial charge < -0.3 is 29.5 Å². The van der Waals surface area contributed by atoms with Crippen molar-refractivity contribution >= 4 is 22.9 Å². The van der Waals surface area contributed by atoms with Gasteiger partial charge in [-0.15, -0.1) is 0 Å². The molecule has 6 rings (SSSR count). The van der Waals surface area contributed by atoms with E-state index in [-0.39, 0.29) is 0 Å². The standard InChI is InChI=1S/C37H45N5O2/c1-8-9-14-38-37(31-20-34-36(18-24(31)2)43-23-29-22-40(6)15-16-42(29)34)39-28-10-13-35(25(3)17-28)44-30-11-12-33-32(19-30)27(5)26(4)21-41(33)7/h9-14,17-21,27,29H,8,15-16,22-23H2,1-7H3,(H,38,39)/b14-9+. The lowest BCUT2D eigenvalue weighted by molar-refractivity contribution is 0.188. The molecule has 3 aromatic carbocycles. The number of rotatable bonds is 6. The summed E-state index contributed by atoms with van der Waals surface area (Å²) in [6.07, 6.45) is 7.11. The average Bonchev–Trinajstić information content (AvgIpc) is 3.00. The molecule has 44 heavy (non-hydrogen) atoms. The van der Waals surface area contributed by atoms with Gasteiger partial charge in [0.05, 0.1) is 11.7 Å². The number of amidine groups is 1. The zero-order valence-corrected chi connectivity index (χ0v) is 27.1. The Bertz CT molecular complexity index is 1640. The fourth-order valence-corrected chi connectivity index (χ4v) is 6.42. The van der Waals surface area contributed by atoms with Crippen LogP contribution in [0.3, 0.4) is 0 Å². The number of ether oxygens (including phenoxy) is 2. The van der Waals surface area contributed by atoms with Crippen molar-refractivity contribution in [2.45, 2.75) is 53.0 Å². The van der Waals surface area contributed by atoms with Crippen LogP contribution in [0.4, 0.5) is 17.1 Å². The van der Waals surface area contributed by atoms with E-state index in [9.17, 15) is 0 Å². The second-order valence-corrected chi connectivity index (χ2v) is 12.5. The molecule has 0 spiro atoms. The summed E-state index contributed by atoms with van der Waals surface area (Å²) in [7, 11) is 4.29. The lowest BCUT2D eigenvalue weighted by atomic mass is 9.90. The number of aliphatic imine (C=N–C) groups is 1. The zero-order chi connectivity index (χ0) is 31.0. The number of nitrogens with one attached hydrogen (secondary N) is 1. The van der Waals surface area contributed by atoms with Crippen LogP contribution in [0.1, 0.15) is 55.4 Å². The van der Waals surface area contributed by atoms with E-state index in [0.29, 0.717) is 12.0 Å². The molecular formula is C37H45N5O2. The minimum atomic E-state index is 0.359. The quantitative estimate of drug-likeness (QED) is 0.233. The van der Waals surface area contributed by atoms with Crippen LogP contribution < -0.4 is 24.6 Å². The summed E-state index contributed by atoms with van der Waals surface area (Å²) in [5.41, 5.74) is 9.22. The summed E-state index contributed by atoms with van der Waals surface area (Å²) in [6.45, 7) is 14.5. The van der Waals surface area contributed by atoms with Gasteiger partial charge in [0.2, 0.25) is 0 Å². The molecule has 0 aromatic heterocycles. The zero-order valence-electron chi connectivity index (χ0n) is 27.1. The Balaban J connectivity index is 1.26. The fourth-order valence-electron chi connectivity index (χ4n) is 6.42. The SMILES string of the molecule is CC/C=C/N=C(Nc1ccc(Oc2ccc3c(c2)C(C)C(C)=CN3C)c(C)c1)c1cc2c(cc1C)OCC1CN(C)CCN21. The van der Waals surface area contributed by atoms with Crippen molar-refractivity contribution in [3.05, 3.63) is 94.8 Å². The van der Waals surface area contributed by atoms with Crippen molar-refractivity contribution < 1.29 is 9.47 Å². The van der Waals surface area contributed by atoms with Crippen LogP contribution in [-0.2, 0) is 0 Å². The van der Waals surface area contributed by atoms with Gasteiger partial charge in [0.15, 0.2) is 0 Å². The van der Waals surface area contributed by atoms with Crippen LogP contribution in [-0.4, -0.2) is 57.1 Å². The van der Waals surface area contributed by atoms with Gasteiger partial charge in [0, 0.05) is 61.9 Å². The van der Waals surface area contributed by atoms with Crippen molar-refractivity contribution in [3.63, 3.8) is 0 Å². The molecule has 0 bridgehead atoms. The van der Waals surface area contributed by atoms with Gasteiger partial charge in [-0.2, -0.15) is 0 Å². The number of anilines is 3. The molecule has 7 heteroatoms. The summed E-state index contributed by atoms with van der Waals surface area (Å²) in [4.78, 5) is 12.0. The number of fused-ring (bicyclic) bond motifs is 4. The molecule has 2 unspecified atom stereocenters. The van der Waals surface area contributed by atoms with Gasteiger partial charge in [0.25, 0.3) is 0 Å². The third-order valence-electron chi connectivity index (χ3n) is 9.12. The largest absolute Gasteiger partial charge is 0.489 e. The lowest BCUT2D eigenvalue weighted by Gasteiger charge is -2.45. The molecule has 0 saturated carbocycles. The first-order valence-electron chi connectivity index (χ1n) is 15.8. The van der Waals surface area contributed by atoms with E-state index in [2.05, 4.69) is 123 Å². The van der Waals surface area contributed by atoms with Gasteiger partial charge in [0.1, 0.15) is 29.7 Å². The molecule has 3 aliphatic heterocycles. The smallest absolute Gasteiger partial charge is 0.143 e. The van der Waals surface area contributed by atoms with Gasteiger partial charge in [-0.3, -0.25) is 0 Å². The molecule has 3 heterocycles. The van der Waals surface area contributed by atoms with Crippen molar-refractivity contribution in [2.24, 2.45) is 4.99 Å². The van der Waals surface area contributed by atoms with E-state index in [4.69, 9.17) is 14.5 Å². The third-order valence-corrected chi connectivity index (χ3v) is 9.12. The van der Waals surface area contributed by atoms with E-state index in [1.807, 2.05) is 12.3 Å². The highest BCUT2D eigenvalue weighted by atomic mass is 16.5. The highest BCUT2D eigenvalue weighted by Crippen LogP contribution is 2.40. The Kier molecular flexibility index (Phi) is 8.41. The number of benzene rings is 3. The highest BCUT2D eigenvalue weighted by molar-refractivity contribution is 6.10. The predicted molar refractivity (Wildman–Crippen MR) is 183 cm³/mol. The molecule has 1 fully saturated rings. The second-order valence-electron chi connectivity index (χ2n) is 12.5. The first-order valence-corrected chi connectivity index (χ1v) is 15.8. The number of aryl methyl sites for hydroxylation is 2. The van der Waals surface area contributed by atoms with Crippen molar-refractivity contribution in [2.75, 3.05) is 55.5 Å². The predicted octanol–water partition coefficient (Wildman–Crippen LogP) is 7.85. The van der Waals surface area contributed by atoms with Gasteiger partial charge >= 0.3 is 0 Å². The summed E-state index contributed by atoms with van der Waals surface area (Å²) in [5, 5.41) is 3.63. The Labute approximate surface area is 262 Å². The number of piperazine rings is 1. The van der Waals surface area contributed by atoms with Crippen LogP contribution in [0.2, 0.25) is 0 Å². The molecule has 0 aliphatic carbocycles. The van der Waals surface area contributed by atoms with Crippen LogP contribution in [0.15, 0.2) is 77.6 Å². The minimum Gasteiger partial charge on any atom is -0.489 e. The summed E-state index contributed by atoms with van der Waals surface area (Å²) in [6, 6.07) is 17.4. The topological polar surface area (TPSA) is 52.6 Å². The van der Waals surface area contributed by atoms with Crippen molar-refractivity contribution in [1.82, 2.24) is 4.90 Å². The van der Waals surface area contributed by atoms with Crippen LogP contribution in [0, 0.1) is 13.8 Å². The maximum absolute atomic E-state index is 6.43. The maximum Gasteiger partial charge on any atom is 0.143 e. The number of likely N-dealkylation sites (N-methyl/N-ethyl adjacent to an activating group) is 1. The Hall–Kier alpha value is -4.23. The van der Waals surface area contributed by atoms with Gasteiger partial charge in [-0.05, 0) is 105 Å². The summed E-state index contributed by atoms with van der Waals surface area (Å²) < 4.78 is 12.7. The fraction of sp³-hybridized carbons (Fsp3) is 0.378. The summed E-state index contributed by atoms with van der Waals surface area (Å²) >= 11 is 0. The monoisotopic (exact) mass is 591 g/mol. The summed E-state index contributed by atoms with van der Waals surface area (Å²) in [5.74, 6) is 3.83. The normalized spacial score (nSPS) is 20.1. The van der Waals surface area contributed by atoms with E-state index in [0.717, 1.165) is 83.8 Å². The maximum atomic E-state index is 6.43. The number of hydrogen-bond acceptors (Lipinski definition) is 6. The Morgan fingerprint density at radius 3 is 2.66 bits per heavy atom. The molecule has 3 aliphatic rings. The molecular weight excluding hydrogens is 546 g/mol. The van der Waals surface area contributed by atoms with Gasteiger partial charge in [-0.25, -0.2) is 4.99 Å². The number of nitrogens with zero attached hydrogens (tertiary/aromatic N) is 4. The molecule has 0 amide bonds. The van der Waals surface area contributed by atoms with Crippen molar-refractivity contribution in [1.29, 1.82) is 0 Å². The lowest BCUT2D eigenvalue weighted by Crippen LogP contribution is -2.56. The van der Waals surface area contributed by atoms with Crippen LogP contribution >= 0.6 is 0 Å². The highest BCUT2D eigenvalue weighted by Gasteiger charge is 2.32. The van der Waals surface area contributed by atoms with Crippen LogP contribution in [0.5, 0.6) is 17.2 Å². The molecule has 230 valence electrons. The Morgan fingerprint density at radius 1 is 1.02 bits per heavy atom. The van der Waals surface area contributed by atoms with Gasteiger partial charge in [-0.1, -0.05) is 19.9 Å². The minimum absolute atomic E-state index is 0.359. The molecule has 7 nitrogen and oxygen atoms in total. The molecule has 1 saturated heterocycles. The number of hydrogen-bond donors (Lipinski definition) is 1. The molecule has 0 radical (unpaired) electrons. The molecule has 3 aromatic rings. The van der Waals surface area contributed by atoms with E-state index in [1.54, 1.807) is 0 Å². The van der Waals surface area contributed by atoms with Crippen LogP contribution in [0.25, 0.3) is 0 Å². The Morgan fingerprint density at radius 2 is 1.86 bits per heavy atom. The van der Waals surface area contributed by atoms with Crippen molar-refractivity contribution in [3.8, 4) is 17.2 Å². The molecule has 1 N–H and O–H groups in total. The van der Waals surface area contributed by atoms with E-state index in [1.165, 1.54) is 16.8 Å². The first kappa shape index (κ1) is 29.8. The number of allylic oxidation sites excluding steroid dienone is 2. The van der Waals surface area contributed by atoms with E-state index >= 15 is 0 Å². The van der Waals surface area contributed by atoms with E-state index < -0.39 is 0 Å². The first-order chi connectivity index (χ1) is 21.2. The second kappa shape index (κ2) is 12.4. The third kappa shape index (κ3) is 5.93. The average molecular weight is 592 g/mol.